The Morgan fingerprint density at radius 3 is 2.62 bits per heavy atom. The van der Waals surface area contributed by atoms with Crippen molar-refractivity contribution in [3.8, 4) is 0 Å². The van der Waals surface area contributed by atoms with Crippen LogP contribution in [0.3, 0.4) is 0 Å². The molecule has 0 rings (SSSR count). The molecule has 3 heteroatoms. The van der Waals surface area contributed by atoms with Gasteiger partial charge in [0.1, 0.15) is 0 Å². The highest BCUT2D eigenvalue weighted by Gasteiger charge is 1.80. The van der Waals surface area contributed by atoms with E-state index in [9.17, 15) is 0 Å². The van der Waals surface area contributed by atoms with Gasteiger partial charge in [0, 0.05) is 6.04 Å². The molecular formula is C5H10N2S. The third-order valence-corrected chi connectivity index (χ3v) is 0.867. The second kappa shape index (κ2) is 4.84. The minimum absolute atomic E-state index is 0.349. The van der Waals surface area contributed by atoms with Crippen LogP contribution in [0.2, 0.25) is 0 Å². The summed E-state index contributed by atoms with van der Waals surface area (Å²) in [6, 6.07) is 0.349. The summed E-state index contributed by atoms with van der Waals surface area (Å²) in [6.45, 7) is 4.00. The van der Waals surface area contributed by atoms with E-state index in [0.29, 0.717) is 6.04 Å². The van der Waals surface area contributed by atoms with Gasteiger partial charge in [0.05, 0.1) is 11.1 Å². The molecule has 0 aliphatic rings. The average Bonchev–Trinajstić information content (AvgIpc) is 1.66. The maximum Gasteiger partial charge on any atom is 0.0601 e. The van der Waals surface area contributed by atoms with E-state index in [2.05, 4.69) is 4.99 Å². The highest BCUT2D eigenvalue weighted by atomic mass is 32.2. The molecule has 8 heavy (non-hydrogen) atoms. The van der Waals surface area contributed by atoms with Crippen LogP contribution in [0.5, 0.6) is 0 Å². The summed E-state index contributed by atoms with van der Waals surface area (Å²) in [4.78, 5) is 4.00. The lowest BCUT2D eigenvalue weighted by Crippen LogP contribution is -1.85. The third-order valence-electron chi connectivity index (χ3n) is 0.488. The number of rotatable bonds is 3. The molecule has 0 heterocycles. The Morgan fingerprint density at radius 2 is 2.25 bits per heavy atom. The van der Waals surface area contributed by atoms with Crippen LogP contribution in [0.25, 0.3) is 0 Å². The lowest BCUT2D eigenvalue weighted by Gasteiger charge is -1.89. The number of nitrogens with zero attached hydrogens (tertiary/aromatic N) is 1. The van der Waals surface area contributed by atoms with Gasteiger partial charge in [-0.1, -0.05) is 11.8 Å². The van der Waals surface area contributed by atoms with E-state index in [0.717, 1.165) is 0 Å². The number of aliphatic imine (C=N–C) groups is 1. The molecule has 0 aliphatic carbocycles. The van der Waals surface area contributed by atoms with Gasteiger partial charge >= 0.3 is 0 Å². The first kappa shape index (κ1) is 7.69. The summed E-state index contributed by atoms with van der Waals surface area (Å²) in [7, 11) is 0. The molecule has 1 N–H and O–H groups in total. The van der Waals surface area contributed by atoms with E-state index in [1.807, 2.05) is 13.8 Å². The molecular weight excluding hydrogens is 120 g/mol. The molecule has 0 saturated heterocycles. The van der Waals surface area contributed by atoms with E-state index in [4.69, 9.17) is 5.41 Å². The molecule has 0 spiro atoms. The predicted octanol–water partition coefficient (Wildman–Crippen LogP) is 1.76. The lowest BCUT2D eigenvalue weighted by atomic mass is 10.4. The molecule has 46 valence electrons. The van der Waals surface area contributed by atoms with Gasteiger partial charge in [-0.2, -0.15) is 0 Å². The number of hydrogen-bond acceptors (Lipinski definition) is 3. The zero-order chi connectivity index (χ0) is 6.41. The van der Waals surface area contributed by atoms with Crippen molar-refractivity contribution in [2.24, 2.45) is 4.99 Å². The summed E-state index contributed by atoms with van der Waals surface area (Å²) in [5.41, 5.74) is 2.93. The average molecular weight is 130 g/mol. The summed E-state index contributed by atoms with van der Waals surface area (Å²) in [5, 5.41) is 6.59. The molecule has 0 aromatic carbocycles. The molecule has 0 aliphatic heterocycles. The maximum atomic E-state index is 6.59. The summed E-state index contributed by atoms with van der Waals surface area (Å²) in [5.74, 6) is 0. The zero-order valence-corrected chi connectivity index (χ0v) is 5.90. The largest absolute Gasteiger partial charge is 0.302 e. The summed E-state index contributed by atoms with van der Waals surface area (Å²) >= 11 is 1.29. The molecule has 0 amide bonds. The first-order valence-electron chi connectivity index (χ1n) is 2.43. The van der Waals surface area contributed by atoms with Crippen molar-refractivity contribution < 1.29 is 0 Å². The quantitative estimate of drug-likeness (QED) is 0.458. The van der Waals surface area contributed by atoms with Crippen LogP contribution in [0.4, 0.5) is 0 Å². The van der Waals surface area contributed by atoms with Crippen LogP contribution >= 0.6 is 11.8 Å². The normalized spacial score (nSPS) is 10.9. The summed E-state index contributed by atoms with van der Waals surface area (Å²) in [6.07, 6.45) is 0. The SMILES string of the molecule is CC(C)/N=C\SC=N. The maximum absolute atomic E-state index is 6.59. The van der Waals surface area contributed by atoms with Gasteiger partial charge in [-0.3, -0.25) is 4.99 Å². The molecule has 0 saturated carbocycles. The first-order valence-corrected chi connectivity index (χ1v) is 3.37. The highest BCUT2D eigenvalue weighted by molar-refractivity contribution is 8.23. The molecule has 0 radical (unpaired) electrons. The Labute approximate surface area is 53.9 Å². The highest BCUT2D eigenvalue weighted by Crippen LogP contribution is 1.89. The van der Waals surface area contributed by atoms with E-state index in [1.54, 1.807) is 5.55 Å². The lowest BCUT2D eigenvalue weighted by molar-refractivity contribution is 0.843. The predicted molar refractivity (Wildman–Crippen MR) is 40.0 cm³/mol. The van der Waals surface area contributed by atoms with E-state index >= 15 is 0 Å². The van der Waals surface area contributed by atoms with E-state index < -0.39 is 0 Å². The van der Waals surface area contributed by atoms with Crippen LogP contribution in [0.1, 0.15) is 13.8 Å². The summed E-state index contributed by atoms with van der Waals surface area (Å²) < 4.78 is 0. The minimum Gasteiger partial charge on any atom is -0.302 e. The van der Waals surface area contributed by atoms with Crippen LogP contribution in [0, 0.1) is 5.41 Å². The van der Waals surface area contributed by atoms with Crippen molar-refractivity contribution >= 4 is 22.9 Å². The van der Waals surface area contributed by atoms with Crippen molar-refractivity contribution in [3.05, 3.63) is 0 Å². The van der Waals surface area contributed by atoms with Crippen molar-refractivity contribution in [2.45, 2.75) is 19.9 Å². The Morgan fingerprint density at radius 1 is 1.62 bits per heavy atom. The molecule has 0 atom stereocenters. The van der Waals surface area contributed by atoms with Gasteiger partial charge in [0.25, 0.3) is 0 Å². The standard InChI is InChI=1S/C5H10N2S/c1-5(2)7-4-8-3-6/h3-6H,1-2H3/b6-3?,7-4-. The zero-order valence-electron chi connectivity index (χ0n) is 5.09. The van der Waals surface area contributed by atoms with E-state index in [1.165, 1.54) is 17.3 Å². The van der Waals surface area contributed by atoms with Gasteiger partial charge in [-0.25, -0.2) is 0 Å². The molecule has 0 aromatic heterocycles. The Bertz CT molecular complexity index is 88.4. The van der Waals surface area contributed by atoms with Gasteiger partial charge in [0.15, 0.2) is 0 Å². The minimum atomic E-state index is 0.349. The van der Waals surface area contributed by atoms with E-state index in [-0.39, 0.29) is 0 Å². The van der Waals surface area contributed by atoms with Crippen molar-refractivity contribution in [1.29, 1.82) is 5.41 Å². The van der Waals surface area contributed by atoms with Crippen LogP contribution in [0.15, 0.2) is 4.99 Å². The molecule has 0 fully saturated rings. The van der Waals surface area contributed by atoms with Gasteiger partial charge in [-0.05, 0) is 13.8 Å². The Hall–Kier alpha value is -0.310. The van der Waals surface area contributed by atoms with Crippen molar-refractivity contribution in [2.75, 3.05) is 0 Å². The fourth-order valence-corrected chi connectivity index (χ4v) is 0.562. The van der Waals surface area contributed by atoms with Crippen molar-refractivity contribution in [1.82, 2.24) is 0 Å². The van der Waals surface area contributed by atoms with Crippen LogP contribution in [-0.2, 0) is 0 Å². The molecule has 0 unspecified atom stereocenters. The van der Waals surface area contributed by atoms with Crippen LogP contribution < -0.4 is 0 Å². The third kappa shape index (κ3) is 5.69. The molecule has 0 bridgehead atoms. The number of thioether (sulfide) groups is 1. The van der Waals surface area contributed by atoms with Gasteiger partial charge in [0.2, 0.25) is 0 Å². The molecule has 0 aromatic rings. The second-order valence-corrected chi connectivity index (χ2v) is 2.32. The first-order chi connectivity index (χ1) is 3.77. The topological polar surface area (TPSA) is 36.2 Å². The second-order valence-electron chi connectivity index (χ2n) is 1.60. The monoisotopic (exact) mass is 130 g/mol. The van der Waals surface area contributed by atoms with Gasteiger partial charge in [-0.15, -0.1) is 0 Å². The fraction of sp³-hybridized carbons (Fsp3) is 0.600. The van der Waals surface area contributed by atoms with Crippen molar-refractivity contribution in [3.63, 3.8) is 0 Å². The fourth-order valence-electron chi connectivity index (χ4n) is 0.187. The Kier molecular flexibility index (Phi) is 4.65. The smallest absolute Gasteiger partial charge is 0.0601 e. The Balaban J connectivity index is 3.19. The van der Waals surface area contributed by atoms with Crippen LogP contribution in [-0.4, -0.2) is 17.1 Å². The van der Waals surface area contributed by atoms with Gasteiger partial charge < -0.3 is 5.41 Å². The number of hydrogen-bond donors (Lipinski definition) is 1. The number of nitrogens with one attached hydrogen (secondary N) is 1. The molecule has 2 nitrogen and oxygen atoms in total.